The van der Waals surface area contributed by atoms with Gasteiger partial charge in [-0.3, -0.25) is 4.68 Å². The average molecular weight is 306 g/mol. The summed E-state index contributed by atoms with van der Waals surface area (Å²) in [6.07, 6.45) is 0. The maximum absolute atomic E-state index is 10.8. The summed E-state index contributed by atoms with van der Waals surface area (Å²) in [6, 6.07) is 18.0. The Hall–Kier alpha value is -2.55. The molecule has 0 aliphatic carbocycles. The molecule has 2 aromatic carbocycles. The summed E-state index contributed by atoms with van der Waals surface area (Å²) >= 11 is 0. The molecule has 0 saturated heterocycles. The van der Waals surface area contributed by atoms with Crippen LogP contribution in [0.15, 0.2) is 54.6 Å². The number of benzene rings is 2. The van der Waals surface area contributed by atoms with Gasteiger partial charge in [-0.05, 0) is 18.9 Å². The number of aryl methyl sites for hydroxylation is 1. The SMILES string of the molecule is Cc1cccc(-c2c(O)c(-c3ccccc3)nn2CC(C)C)c1. The van der Waals surface area contributed by atoms with Crippen molar-refractivity contribution in [2.24, 2.45) is 5.92 Å². The summed E-state index contributed by atoms with van der Waals surface area (Å²) in [5.74, 6) is 0.698. The maximum atomic E-state index is 10.8. The van der Waals surface area contributed by atoms with Gasteiger partial charge in [0.05, 0.1) is 0 Å². The molecule has 0 saturated carbocycles. The number of hydrogen-bond acceptors (Lipinski definition) is 2. The van der Waals surface area contributed by atoms with Gasteiger partial charge in [0.2, 0.25) is 0 Å². The smallest absolute Gasteiger partial charge is 0.169 e. The second-order valence-electron chi connectivity index (χ2n) is 6.36. The van der Waals surface area contributed by atoms with E-state index in [9.17, 15) is 5.11 Å². The molecule has 1 heterocycles. The first-order valence-electron chi connectivity index (χ1n) is 7.98. The van der Waals surface area contributed by atoms with Crippen LogP contribution in [-0.4, -0.2) is 14.9 Å². The summed E-state index contributed by atoms with van der Waals surface area (Å²) < 4.78 is 1.93. The summed E-state index contributed by atoms with van der Waals surface area (Å²) in [5.41, 5.74) is 4.53. The Morgan fingerprint density at radius 2 is 1.70 bits per heavy atom. The molecule has 0 spiro atoms. The zero-order chi connectivity index (χ0) is 16.4. The highest BCUT2D eigenvalue weighted by Crippen LogP contribution is 2.38. The molecule has 0 radical (unpaired) electrons. The van der Waals surface area contributed by atoms with Gasteiger partial charge in [-0.2, -0.15) is 5.10 Å². The van der Waals surface area contributed by atoms with Gasteiger partial charge in [-0.25, -0.2) is 0 Å². The van der Waals surface area contributed by atoms with Crippen LogP contribution in [0.5, 0.6) is 5.75 Å². The number of nitrogens with zero attached hydrogens (tertiary/aromatic N) is 2. The monoisotopic (exact) mass is 306 g/mol. The van der Waals surface area contributed by atoms with E-state index in [0.29, 0.717) is 11.6 Å². The van der Waals surface area contributed by atoms with Crippen molar-refractivity contribution in [3.63, 3.8) is 0 Å². The third-order valence-electron chi connectivity index (χ3n) is 3.80. The predicted octanol–water partition coefficient (Wildman–Crippen LogP) is 4.89. The predicted molar refractivity (Wildman–Crippen MR) is 94.3 cm³/mol. The lowest BCUT2D eigenvalue weighted by Gasteiger charge is -2.10. The zero-order valence-corrected chi connectivity index (χ0v) is 13.8. The lowest BCUT2D eigenvalue weighted by molar-refractivity contribution is 0.468. The van der Waals surface area contributed by atoms with Crippen LogP contribution >= 0.6 is 0 Å². The summed E-state index contributed by atoms with van der Waals surface area (Å²) in [4.78, 5) is 0. The summed E-state index contributed by atoms with van der Waals surface area (Å²) in [6.45, 7) is 7.13. The minimum atomic E-state index is 0.252. The molecule has 1 N–H and O–H groups in total. The number of hydrogen-bond donors (Lipinski definition) is 1. The van der Waals surface area contributed by atoms with Crippen molar-refractivity contribution in [2.75, 3.05) is 0 Å². The van der Waals surface area contributed by atoms with Gasteiger partial charge < -0.3 is 5.11 Å². The molecule has 3 nitrogen and oxygen atoms in total. The molecular formula is C20H22N2O. The van der Waals surface area contributed by atoms with Crippen LogP contribution < -0.4 is 0 Å². The molecule has 0 bridgehead atoms. The van der Waals surface area contributed by atoms with Crippen molar-refractivity contribution in [1.29, 1.82) is 0 Å². The number of aromatic nitrogens is 2. The van der Waals surface area contributed by atoms with Crippen molar-refractivity contribution in [1.82, 2.24) is 9.78 Å². The van der Waals surface area contributed by atoms with Crippen LogP contribution in [0.2, 0.25) is 0 Å². The molecule has 0 aliphatic rings. The highest BCUT2D eigenvalue weighted by Gasteiger charge is 2.20. The van der Waals surface area contributed by atoms with Gasteiger partial charge in [-0.15, -0.1) is 0 Å². The van der Waals surface area contributed by atoms with E-state index in [-0.39, 0.29) is 5.75 Å². The fraction of sp³-hybridized carbons (Fsp3) is 0.250. The van der Waals surface area contributed by atoms with Crippen LogP contribution in [0.4, 0.5) is 0 Å². The van der Waals surface area contributed by atoms with E-state index >= 15 is 0 Å². The van der Waals surface area contributed by atoms with Crippen molar-refractivity contribution in [2.45, 2.75) is 27.3 Å². The van der Waals surface area contributed by atoms with Gasteiger partial charge >= 0.3 is 0 Å². The first-order chi connectivity index (χ1) is 11.1. The highest BCUT2D eigenvalue weighted by molar-refractivity contribution is 5.78. The molecule has 0 aliphatic heterocycles. The van der Waals surface area contributed by atoms with E-state index in [0.717, 1.165) is 23.4 Å². The molecule has 0 atom stereocenters. The van der Waals surface area contributed by atoms with E-state index in [4.69, 9.17) is 5.10 Å². The second-order valence-corrected chi connectivity index (χ2v) is 6.36. The molecule has 0 amide bonds. The number of aromatic hydroxyl groups is 1. The molecule has 3 aromatic rings. The Kier molecular flexibility index (Phi) is 4.20. The Morgan fingerprint density at radius 3 is 2.35 bits per heavy atom. The van der Waals surface area contributed by atoms with Crippen molar-refractivity contribution in [3.05, 3.63) is 60.2 Å². The second kappa shape index (κ2) is 6.29. The molecule has 118 valence electrons. The van der Waals surface area contributed by atoms with Crippen molar-refractivity contribution < 1.29 is 5.11 Å². The van der Waals surface area contributed by atoms with Crippen molar-refractivity contribution >= 4 is 0 Å². The lowest BCUT2D eigenvalue weighted by Crippen LogP contribution is -2.07. The van der Waals surface area contributed by atoms with Crippen LogP contribution in [0.1, 0.15) is 19.4 Å². The summed E-state index contributed by atoms with van der Waals surface area (Å²) in [5, 5.41) is 15.5. The van der Waals surface area contributed by atoms with E-state index < -0.39 is 0 Å². The first kappa shape index (κ1) is 15.3. The molecule has 23 heavy (non-hydrogen) atoms. The normalized spacial score (nSPS) is 11.1. The topological polar surface area (TPSA) is 38.1 Å². The van der Waals surface area contributed by atoms with Crippen LogP contribution in [0, 0.1) is 12.8 Å². The molecule has 1 aromatic heterocycles. The Bertz CT molecular complexity index is 804. The van der Waals surface area contributed by atoms with Gasteiger partial charge in [0, 0.05) is 17.7 Å². The van der Waals surface area contributed by atoms with E-state index in [2.05, 4.69) is 32.9 Å². The van der Waals surface area contributed by atoms with Gasteiger partial charge in [0.25, 0.3) is 0 Å². The largest absolute Gasteiger partial charge is 0.504 e. The van der Waals surface area contributed by atoms with Crippen LogP contribution in [0.25, 0.3) is 22.5 Å². The van der Waals surface area contributed by atoms with Crippen molar-refractivity contribution in [3.8, 4) is 28.3 Å². The first-order valence-corrected chi connectivity index (χ1v) is 7.98. The van der Waals surface area contributed by atoms with E-state index in [1.165, 1.54) is 5.56 Å². The lowest BCUT2D eigenvalue weighted by atomic mass is 10.1. The number of rotatable bonds is 4. The Balaban J connectivity index is 2.19. The molecular weight excluding hydrogens is 284 g/mol. The minimum Gasteiger partial charge on any atom is -0.504 e. The summed E-state index contributed by atoms with van der Waals surface area (Å²) in [7, 11) is 0. The Morgan fingerprint density at radius 1 is 1.00 bits per heavy atom. The van der Waals surface area contributed by atoms with Gasteiger partial charge in [0.15, 0.2) is 5.75 Å². The van der Waals surface area contributed by atoms with E-state index in [1.807, 2.05) is 47.1 Å². The molecule has 3 heteroatoms. The van der Waals surface area contributed by atoms with E-state index in [1.54, 1.807) is 0 Å². The maximum Gasteiger partial charge on any atom is 0.169 e. The molecule has 0 unspecified atom stereocenters. The highest BCUT2D eigenvalue weighted by atomic mass is 16.3. The fourth-order valence-electron chi connectivity index (χ4n) is 2.80. The molecule has 3 rings (SSSR count). The third-order valence-corrected chi connectivity index (χ3v) is 3.80. The van der Waals surface area contributed by atoms with Gasteiger partial charge in [0.1, 0.15) is 11.4 Å². The minimum absolute atomic E-state index is 0.252. The fourth-order valence-corrected chi connectivity index (χ4v) is 2.80. The third kappa shape index (κ3) is 3.14. The molecule has 0 fully saturated rings. The zero-order valence-electron chi connectivity index (χ0n) is 13.8. The van der Waals surface area contributed by atoms with Gasteiger partial charge in [-0.1, -0.05) is 67.9 Å². The average Bonchev–Trinajstić information content (AvgIpc) is 2.84. The van der Waals surface area contributed by atoms with Crippen LogP contribution in [0.3, 0.4) is 0 Å². The Labute approximate surface area is 137 Å². The quantitative estimate of drug-likeness (QED) is 0.745. The standard InChI is InChI=1S/C20H22N2O/c1-14(2)13-22-19(17-11-7-8-15(3)12-17)20(23)18(21-22)16-9-5-4-6-10-16/h4-12,14,23H,13H2,1-3H3. The van der Waals surface area contributed by atoms with Crippen LogP contribution in [-0.2, 0) is 6.54 Å².